The van der Waals surface area contributed by atoms with E-state index in [1.165, 1.54) is 12.8 Å². The number of unbranched alkanes of at least 4 members (excludes halogenated alkanes) is 1. The van der Waals surface area contributed by atoms with Crippen LogP contribution in [0.1, 0.15) is 26.2 Å². The average Bonchev–Trinajstić information content (AvgIpc) is 2.15. The van der Waals surface area contributed by atoms with Gasteiger partial charge in [0.15, 0.2) is 0 Å². The van der Waals surface area contributed by atoms with E-state index in [1.54, 1.807) is 0 Å². The van der Waals surface area contributed by atoms with E-state index in [9.17, 15) is 0 Å². The quantitative estimate of drug-likeness (QED) is 0.541. The molecule has 0 atom stereocenters. The fraction of sp³-hybridized carbons (Fsp3) is 1.00. The van der Waals surface area contributed by atoms with Crippen molar-refractivity contribution in [3.63, 3.8) is 0 Å². The van der Waals surface area contributed by atoms with Gasteiger partial charge in [-0.3, -0.25) is 0 Å². The van der Waals surface area contributed by atoms with Gasteiger partial charge in [0.25, 0.3) is 0 Å². The molecule has 14 heavy (non-hydrogen) atoms. The standard InChI is InChI=1S/C11H26N2O/c1-4-5-10-14-11-6-7-12-8-9-13(2)3/h12H,4-11H2,1-3H3. The molecule has 0 amide bonds. The van der Waals surface area contributed by atoms with Crippen molar-refractivity contribution in [2.24, 2.45) is 0 Å². The first-order chi connectivity index (χ1) is 6.77. The molecule has 0 aliphatic rings. The molecule has 0 aromatic rings. The second-order valence-electron chi connectivity index (χ2n) is 3.87. The van der Waals surface area contributed by atoms with E-state index in [4.69, 9.17) is 4.74 Å². The summed E-state index contributed by atoms with van der Waals surface area (Å²) in [6, 6.07) is 0. The minimum Gasteiger partial charge on any atom is -0.381 e. The zero-order valence-electron chi connectivity index (χ0n) is 10.0. The van der Waals surface area contributed by atoms with Crippen LogP contribution in [0.15, 0.2) is 0 Å². The molecule has 0 unspecified atom stereocenters. The number of nitrogens with one attached hydrogen (secondary N) is 1. The SMILES string of the molecule is CCCCOCCCNCCN(C)C. The van der Waals surface area contributed by atoms with Crippen molar-refractivity contribution in [1.82, 2.24) is 10.2 Å². The van der Waals surface area contributed by atoms with Crippen LogP contribution in [0, 0.1) is 0 Å². The molecule has 0 aromatic carbocycles. The summed E-state index contributed by atoms with van der Waals surface area (Å²) in [6.07, 6.45) is 3.53. The molecule has 3 heteroatoms. The summed E-state index contributed by atoms with van der Waals surface area (Å²) in [4.78, 5) is 2.19. The zero-order chi connectivity index (χ0) is 10.6. The monoisotopic (exact) mass is 202 g/mol. The Balaban J connectivity index is 2.85. The normalized spacial score (nSPS) is 11.1. The third-order valence-electron chi connectivity index (χ3n) is 2.02. The largest absolute Gasteiger partial charge is 0.381 e. The predicted octanol–water partition coefficient (Wildman–Crippen LogP) is 1.34. The van der Waals surface area contributed by atoms with Crippen LogP contribution in [0.25, 0.3) is 0 Å². The number of rotatable bonds is 10. The minimum atomic E-state index is 0.898. The molecular weight excluding hydrogens is 176 g/mol. The van der Waals surface area contributed by atoms with Crippen molar-refractivity contribution >= 4 is 0 Å². The number of hydrogen-bond acceptors (Lipinski definition) is 3. The first-order valence-electron chi connectivity index (χ1n) is 5.70. The highest BCUT2D eigenvalue weighted by atomic mass is 16.5. The van der Waals surface area contributed by atoms with Gasteiger partial charge in [-0.25, -0.2) is 0 Å². The van der Waals surface area contributed by atoms with Crippen molar-refractivity contribution in [1.29, 1.82) is 0 Å². The van der Waals surface area contributed by atoms with E-state index in [0.717, 1.165) is 39.3 Å². The van der Waals surface area contributed by atoms with E-state index < -0.39 is 0 Å². The molecule has 0 aliphatic heterocycles. The molecule has 0 spiro atoms. The Kier molecular flexibility index (Phi) is 10.9. The first kappa shape index (κ1) is 13.9. The summed E-state index contributed by atoms with van der Waals surface area (Å²) >= 11 is 0. The molecule has 86 valence electrons. The van der Waals surface area contributed by atoms with E-state index in [-0.39, 0.29) is 0 Å². The van der Waals surface area contributed by atoms with E-state index in [0.29, 0.717) is 0 Å². The second-order valence-corrected chi connectivity index (χ2v) is 3.87. The first-order valence-corrected chi connectivity index (χ1v) is 5.70. The smallest absolute Gasteiger partial charge is 0.0478 e. The van der Waals surface area contributed by atoms with Gasteiger partial charge in [0.2, 0.25) is 0 Å². The second kappa shape index (κ2) is 11.0. The Hall–Kier alpha value is -0.120. The fourth-order valence-corrected chi connectivity index (χ4v) is 1.08. The van der Waals surface area contributed by atoms with Crippen LogP contribution in [-0.2, 0) is 4.74 Å². The maximum atomic E-state index is 5.45. The highest BCUT2D eigenvalue weighted by Crippen LogP contribution is 1.88. The zero-order valence-corrected chi connectivity index (χ0v) is 10.0. The summed E-state index contributed by atoms with van der Waals surface area (Å²) in [7, 11) is 4.19. The lowest BCUT2D eigenvalue weighted by atomic mass is 10.3. The highest BCUT2D eigenvalue weighted by Gasteiger charge is 1.91. The number of likely N-dealkylation sites (N-methyl/N-ethyl adjacent to an activating group) is 1. The Morgan fingerprint density at radius 1 is 1.07 bits per heavy atom. The molecule has 0 aromatic heterocycles. The molecule has 0 saturated carbocycles. The van der Waals surface area contributed by atoms with Crippen LogP contribution in [0.4, 0.5) is 0 Å². The Bertz CT molecular complexity index is 107. The van der Waals surface area contributed by atoms with Gasteiger partial charge in [-0.2, -0.15) is 0 Å². The van der Waals surface area contributed by atoms with Crippen molar-refractivity contribution in [3.05, 3.63) is 0 Å². The maximum absolute atomic E-state index is 5.45. The molecule has 3 nitrogen and oxygen atoms in total. The summed E-state index contributed by atoms with van der Waals surface area (Å²) in [5.41, 5.74) is 0. The molecule has 0 bridgehead atoms. The molecule has 0 rings (SSSR count). The van der Waals surface area contributed by atoms with Crippen molar-refractivity contribution < 1.29 is 4.74 Å². The third kappa shape index (κ3) is 11.9. The Labute approximate surface area is 88.8 Å². The topological polar surface area (TPSA) is 24.5 Å². The average molecular weight is 202 g/mol. The minimum absolute atomic E-state index is 0.898. The third-order valence-corrected chi connectivity index (χ3v) is 2.02. The van der Waals surface area contributed by atoms with Crippen LogP contribution < -0.4 is 5.32 Å². The lowest BCUT2D eigenvalue weighted by Gasteiger charge is -2.10. The van der Waals surface area contributed by atoms with Crippen LogP contribution >= 0.6 is 0 Å². The lowest BCUT2D eigenvalue weighted by Crippen LogP contribution is -2.27. The molecule has 0 fully saturated rings. The molecular formula is C11H26N2O. The predicted molar refractivity (Wildman–Crippen MR) is 61.8 cm³/mol. The molecule has 1 N–H and O–H groups in total. The molecule has 0 saturated heterocycles. The van der Waals surface area contributed by atoms with Crippen LogP contribution in [0.2, 0.25) is 0 Å². The van der Waals surface area contributed by atoms with Gasteiger partial charge in [0, 0.05) is 26.3 Å². The van der Waals surface area contributed by atoms with Gasteiger partial charge in [0.05, 0.1) is 0 Å². The Morgan fingerprint density at radius 2 is 1.79 bits per heavy atom. The summed E-state index contributed by atoms with van der Waals surface area (Å²) < 4.78 is 5.45. The Morgan fingerprint density at radius 3 is 2.43 bits per heavy atom. The lowest BCUT2D eigenvalue weighted by molar-refractivity contribution is 0.128. The molecule has 0 radical (unpaired) electrons. The fourth-order valence-electron chi connectivity index (χ4n) is 1.08. The molecule has 0 heterocycles. The number of hydrogen-bond donors (Lipinski definition) is 1. The van der Waals surface area contributed by atoms with Gasteiger partial charge >= 0.3 is 0 Å². The van der Waals surface area contributed by atoms with E-state index in [2.05, 4.69) is 31.2 Å². The van der Waals surface area contributed by atoms with Crippen LogP contribution in [-0.4, -0.2) is 51.8 Å². The summed E-state index contributed by atoms with van der Waals surface area (Å²) in [5, 5.41) is 3.39. The highest BCUT2D eigenvalue weighted by molar-refractivity contribution is 4.50. The van der Waals surface area contributed by atoms with Crippen molar-refractivity contribution in [2.45, 2.75) is 26.2 Å². The van der Waals surface area contributed by atoms with Crippen LogP contribution in [0.5, 0.6) is 0 Å². The molecule has 0 aliphatic carbocycles. The summed E-state index contributed by atoms with van der Waals surface area (Å²) in [6.45, 7) is 7.26. The van der Waals surface area contributed by atoms with Gasteiger partial charge in [-0.05, 0) is 33.5 Å². The number of nitrogens with zero attached hydrogens (tertiary/aromatic N) is 1. The van der Waals surface area contributed by atoms with Gasteiger partial charge in [-0.1, -0.05) is 13.3 Å². The van der Waals surface area contributed by atoms with Crippen molar-refractivity contribution in [2.75, 3.05) is 46.9 Å². The van der Waals surface area contributed by atoms with Gasteiger partial charge in [-0.15, -0.1) is 0 Å². The number of ether oxygens (including phenoxy) is 1. The van der Waals surface area contributed by atoms with Gasteiger partial charge in [0.1, 0.15) is 0 Å². The van der Waals surface area contributed by atoms with E-state index in [1.807, 2.05) is 0 Å². The summed E-state index contributed by atoms with van der Waals surface area (Å²) in [5.74, 6) is 0. The van der Waals surface area contributed by atoms with Crippen LogP contribution in [0.3, 0.4) is 0 Å². The maximum Gasteiger partial charge on any atom is 0.0478 e. The van der Waals surface area contributed by atoms with Crippen molar-refractivity contribution in [3.8, 4) is 0 Å². The van der Waals surface area contributed by atoms with E-state index >= 15 is 0 Å². The van der Waals surface area contributed by atoms with Gasteiger partial charge < -0.3 is 15.0 Å².